The van der Waals surface area contributed by atoms with Crippen LogP contribution >= 0.6 is 0 Å². The van der Waals surface area contributed by atoms with Crippen molar-refractivity contribution in [2.45, 2.75) is 50.7 Å². The summed E-state index contributed by atoms with van der Waals surface area (Å²) in [4.78, 5) is 57.1. The third-order valence-electron chi connectivity index (χ3n) is 8.25. The molecule has 0 amide bonds. The van der Waals surface area contributed by atoms with Crippen molar-refractivity contribution in [1.29, 1.82) is 0 Å². The van der Waals surface area contributed by atoms with Crippen LogP contribution in [0.3, 0.4) is 0 Å². The van der Waals surface area contributed by atoms with Gasteiger partial charge in [-0.2, -0.15) is 9.78 Å². The van der Waals surface area contributed by atoms with Crippen molar-refractivity contribution >= 4 is 44.4 Å². The molecule has 6 heterocycles. The molecule has 0 aliphatic carbocycles. The molecule has 0 unspecified atom stereocenters. The second-order valence-corrected chi connectivity index (χ2v) is 10.1. The predicted molar refractivity (Wildman–Crippen MR) is 133 cm³/mol. The minimum atomic E-state index is -3.11. The number of pyridine rings is 2. The zero-order valence-corrected chi connectivity index (χ0v) is 20.3. The Bertz CT molecular complexity index is 1810. The van der Waals surface area contributed by atoms with Crippen molar-refractivity contribution in [3.8, 4) is 0 Å². The average molecular weight is 521 g/mol. The van der Waals surface area contributed by atoms with Crippen LogP contribution in [0.4, 0.5) is 5.69 Å². The highest BCUT2D eigenvalue weighted by Gasteiger charge is 2.60. The lowest BCUT2D eigenvalue weighted by atomic mass is 9.82. The number of esters is 1. The first kappa shape index (κ1) is 23.4. The van der Waals surface area contributed by atoms with Gasteiger partial charge in [-0.05, 0) is 37.8 Å². The number of piperidine rings is 1. The molecular formula is C26H23N3O9. The van der Waals surface area contributed by atoms with Crippen molar-refractivity contribution < 1.29 is 34.9 Å². The largest absolute Gasteiger partial charge is 0.416 e. The maximum atomic E-state index is 14.7. The van der Waals surface area contributed by atoms with Crippen LogP contribution in [0, 0.1) is 0 Å². The quantitative estimate of drug-likeness (QED) is 0.137. The number of benzene rings is 1. The first-order valence-corrected chi connectivity index (χ1v) is 12.5. The summed E-state index contributed by atoms with van der Waals surface area (Å²) in [6.07, 6.45) is 2.70. The fourth-order valence-corrected chi connectivity index (χ4v) is 6.38. The van der Waals surface area contributed by atoms with Crippen molar-refractivity contribution in [3.63, 3.8) is 0 Å². The Labute approximate surface area is 213 Å². The van der Waals surface area contributed by atoms with Crippen LogP contribution in [-0.4, -0.2) is 44.2 Å². The van der Waals surface area contributed by atoms with E-state index in [1.807, 2.05) is 18.2 Å². The van der Waals surface area contributed by atoms with Crippen LogP contribution in [-0.2, 0) is 37.4 Å². The van der Waals surface area contributed by atoms with E-state index in [1.54, 1.807) is 0 Å². The SMILES string of the molecule is CC[C@@]1(O)C(=O)OC(OO)(OO)c2c1c1c(=O)c3c(N4CCCCC4)ccc4cc5c(nc43)c1n(c2=O)C5. The van der Waals surface area contributed by atoms with Gasteiger partial charge in [-0.15, -0.1) is 0 Å². The molecule has 38 heavy (non-hydrogen) atoms. The van der Waals surface area contributed by atoms with Gasteiger partial charge < -0.3 is 19.3 Å². The summed E-state index contributed by atoms with van der Waals surface area (Å²) in [5.74, 6) is -4.48. The first-order valence-electron chi connectivity index (χ1n) is 12.5. The number of carbonyl (C=O) groups is 1. The fraction of sp³-hybridized carbons (Fsp3) is 0.385. The number of ether oxygens (including phenoxy) is 1. The van der Waals surface area contributed by atoms with E-state index < -0.39 is 39.7 Å². The predicted octanol–water partition coefficient (Wildman–Crippen LogP) is 2.10. The van der Waals surface area contributed by atoms with Gasteiger partial charge in [0.25, 0.3) is 5.56 Å². The van der Waals surface area contributed by atoms with E-state index in [9.17, 15) is 30.0 Å². The molecule has 7 rings (SSSR count). The van der Waals surface area contributed by atoms with Gasteiger partial charge in [0.1, 0.15) is 5.56 Å². The molecule has 1 aromatic carbocycles. The van der Waals surface area contributed by atoms with Crippen molar-refractivity contribution in [1.82, 2.24) is 9.55 Å². The third kappa shape index (κ3) is 2.65. The number of hydrogen-bond donors (Lipinski definition) is 3. The molecule has 3 aromatic heterocycles. The molecule has 3 aliphatic heterocycles. The lowest BCUT2D eigenvalue weighted by molar-refractivity contribution is -0.565. The fourth-order valence-electron chi connectivity index (χ4n) is 6.38. The Balaban J connectivity index is 1.77. The van der Waals surface area contributed by atoms with E-state index >= 15 is 0 Å². The van der Waals surface area contributed by atoms with Crippen molar-refractivity contribution in [2.75, 3.05) is 18.0 Å². The van der Waals surface area contributed by atoms with Crippen LogP contribution in [0.15, 0.2) is 27.8 Å². The minimum Gasteiger partial charge on any atom is -0.398 e. The molecule has 196 valence electrons. The molecule has 0 spiro atoms. The van der Waals surface area contributed by atoms with Gasteiger partial charge in [0.15, 0.2) is 11.0 Å². The Morgan fingerprint density at radius 2 is 1.76 bits per heavy atom. The Kier molecular flexibility index (Phi) is 4.74. The minimum absolute atomic E-state index is 0.00858. The summed E-state index contributed by atoms with van der Waals surface area (Å²) in [6, 6.07) is 5.64. The highest BCUT2D eigenvalue weighted by molar-refractivity contribution is 6.12. The number of hydrogen-bond acceptors (Lipinski definition) is 11. The topological polar surface area (TPSA) is 161 Å². The van der Waals surface area contributed by atoms with Gasteiger partial charge in [0, 0.05) is 29.6 Å². The normalized spacial score (nSPS) is 22.1. The van der Waals surface area contributed by atoms with Crippen LogP contribution in [0.25, 0.3) is 32.7 Å². The van der Waals surface area contributed by atoms with Crippen LogP contribution in [0.5, 0.6) is 0 Å². The Morgan fingerprint density at radius 3 is 2.45 bits per heavy atom. The second kappa shape index (κ2) is 7.68. The Hall–Kier alpha value is -3.68. The number of rotatable bonds is 4. The molecule has 12 heteroatoms. The number of fused-ring (bicyclic) bond motifs is 2. The highest BCUT2D eigenvalue weighted by atomic mass is 17.3. The van der Waals surface area contributed by atoms with Crippen molar-refractivity contribution in [3.05, 3.63) is 55.5 Å². The first-order chi connectivity index (χ1) is 18.3. The smallest absolute Gasteiger partial charge is 0.398 e. The lowest BCUT2D eigenvalue weighted by Gasteiger charge is -2.39. The summed E-state index contributed by atoms with van der Waals surface area (Å²) >= 11 is 0. The molecule has 3 N–H and O–H groups in total. The molecular weight excluding hydrogens is 498 g/mol. The summed E-state index contributed by atoms with van der Waals surface area (Å²) in [6.45, 7) is 2.97. The molecule has 12 nitrogen and oxygen atoms in total. The van der Waals surface area contributed by atoms with Crippen LogP contribution in [0.1, 0.15) is 49.3 Å². The maximum Gasteiger partial charge on any atom is 0.416 e. The van der Waals surface area contributed by atoms with E-state index in [0.717, 1.165) is 37.7 Å². The number of nitrogens with zero attached hydrogens (tertiary/aromatic N) is 3. The van der Waals surface area contributed by atoms with Crippen molar-refractivity contribution in [2.24, 2.45) is 0 Å². The molecule has 0 saturated carbocycles. The van der Waals surface area contributed by atoms with E-state index in [1.165, 1.54) is 11.5 Å². The number of cyclic esters (lactones) is 1. The standard InChI is InChI=1S/C26H23N3O9/c1-2-25(33)17-16-21-20-13(11-29(21)23(31)18(17)26(37-34,38-35)36-24(25)32)10-12-6-7-14(28-8-4-3-5-9-28)15(22(16)30)19(12)27-20/h6-7,10,33-35H,2-5,8-9,11H2,1H3/t25-/m0/s1. The van der Waals surface area contributed by atoms with E-state index in [-0.39, 0.29) is 29.3 Å². The second-order valence-electron chi connectivity index (χ2n) is 10.1. The molecule has 1 atom stereocenters. The average Bonchev–Trinajstić information content (AvgIpc) is 3.26. The van der Waals surface area contributed by atoms with Gasteiger partial charge in [-0.25, -0.2) is 20.3 Å². The number of aromatic nitrogens is 2. The molecule has 1 fully saturated rings. The number of aliphatic hydroxyl groups is 1. The van der Waals surface area contributed by atoms with Gasteiger partial charge in [0.2, 0.25) is 0 Å². The van der Waals surface area contributed by atoms with Crippen LogP contribution in [0.2, 0.25) is 0 Å². The summed E-state index contributed by atoms with van der Waals surface area (Å²) in [7, 11) is 0. The Morgan fingerprint density at radius 1 is 1.03 bits per heavy atom. The molecule has 2 bridgehead atoms. The highest BCUT2D eigenvalue weighted by Crippen LogP contribution is 2.46. The molecule has 3 aliphatic rings. The summed E-state index contributed by atoms with van der Waals surface area (Å²) in [5.41, 5.74) is -2.82. The monoisotopic (exact) mass is 521 g/mol. The van der Waals surface area contributed by atoms with E-state index in [0.29, 0.717) is 22.3 Å². The van der Waals surface area contributed by atoms with Gasteiger partial charge in [-0.1, -0.05) is 13.0 Å². The lowest BCUT2D eigenvalue weighted by Crippen LogP contribution is -2.55. The van der Waals surface area contributed by atoms with Gasteiger partial charge in [0.05, 0.1) is 39.6 Å². The number of carbonyl (C=O) groups excluding carboxylic acids is 1. The molecule has 4 aromatic rings. The molecule has 1 saturated heterocycles. The zero-order valence-electron chi connectivity index (χ0n) is 20.3. The third-order valence-corrected chi connectivity index (χ3v) is 8.25. The van der Waals surface area contributed by atoms with E-state index in [4.69, 9.17) is 9.72 Å². The van der Waals surface area contributed by atoms with Gasteiger partial charge >= 0.3 is 11.9 Å². The summed E-state index contributed by atoms with van der Waals surface area (Å²) in [5, 5.41) is 31.9. The zero-order chi connectivity index (χ0) is 26.6. The number of anilines is 1. The maximum absolute atomic E-state index is 14.7. The van der Waals surface area contributed by atoms with E-state index in [2.05, 4.69) is 14.7 Å². The molecule has 0 radical (unpaired) electrons. The van der Waals surface area contributed by atoms with Crippen LogP contribution < -0.4 is 15.9 Å². The summed E-state index contributed by atoms with van der Waals surface area (Å²) < 4.78 is 6.20. The van der Waals surface area contributed by atoms with Gasteiger partial charge in [-0.3, -0.25) is 9.59 Å².